The van der Waals surface area contributed by atoms with E-state index < -0.39 is 18.2 Å². The smallest absolute Gasteiger partial charge is 0.303 e. The second kappa shape index (κ2) is 9.33. The van der Waals surface area contributed by atoms with Gasteiger partial charge in [0.2, 0.25) is 0 Å². The molecule has 2 aromatic rings. The standard InChI is InChI=1S/C24H30O6/c25-19(23-12-16-5-1-2-6-21(16)30-23)11-10-17-18-9-8-15(4-3-7-24(27)28)14-29-22(18)13-20(17)26/h1-2,5-6,10-12,15,17-20,22,25-26H,3-4,7-9,13-14H2,(H,27,28)/b11-10+/t15-,17+,18+,19?,20+,22-/m0/s1. The molecule has 1 aromatic carbocycles. The molecule has 0 radical (unpaired) electrons. The molecule has 162 valence electrons. The average Bonchev–Trinajstić information content (AvgIpc) is 3.22. The van der Waals surface area contributed by atoms with Gasteiger partial charge in [-0.15, -0.1) is 0 Å². The van der Waals surface area contributed by atoms with E-state index in [2.05, 4.69) is 0 Å². The zero-order valence-corrected chi connectivity index (χ0v) is 17.0. The van der Waals surface area contributed by atoms with Crippen LogP contribution in [-0.4, -0.2) is 40.1 Å². The molecule has 3 N–H and O–H groups in total. The third-order valence-corrected chi connectivity index (χ3v) is 6.60. The van der Waals surface area contributed by atoms with Gasteiger partial charge in [-0.2, -0.15) is 0 Å². The topological polar surface area (TPSA) is 100 Å². The van der Waals surface area contributed by atoms with Gasteiger partial charge in [-0.05, 0) is 49.7 Å². The summed E-state index contributed by atoms with van der Waals surface area (Å²) in [5, 5.41) is 30.9. The molecule has 4 rings (SSSR count). The molecule has 6 heteroatoms. The van der Waals surface area contributed by atoms with Crippen LogP contribution in [0.2, 0.25) is 0 Å². The van der Waals surface area contributed by atoms with Crippen molar-refractivity contribution >= 4 is 16.9 Å². The molecule has 30 heavy (non-hydrogen) atoms. The Labute approximate surface area is 176 Å². The summed E-state index contributed by atoms with van der Waals surface area (Å²) in [6.45, 7) is 0.631. The van der Waals surface area contributed by atoms with Crippen molar-refractivity contribution in [1.29, 1.82) is 0 Å². The van der Waals surface area contributed by atoms with Gasteiger partial charge in [0.1, 0.15) is 17.4 Å². The minimum Gasteiger partial charge on any atom is -0.481 e. The Morgan fingerprint density at radius 1 is 1.27 bits per heavy atom. The molecule has 0 spiro atoms. The van der Waals surface area contributed by atoms with E-state index in [0.717, 1.165) is 30.2 Å². The van der Waals surface area contributed by atoms with Crippen molar-refractivity contribution in [2.45, 2.75) is 56.8 Å². The number of hydrogen-bond donors (Lipinski definition) is 3. The van der Waals surface area contributed by atoms with Crippen molar-refractivity contribution in [3.05, 3.63) is 48.2 Å². The molecule has 1 aromatic heterocycles. The zero-order valence-electron chi connectivity index (χ0n) is 17.0. The highest BCUT2D eigenvalue weighted by molar-refractivity contribution is 5.77. The van der Waals surface area contributed by atoms with Crippen LogP contribution in [0, 0.1) is 17.8 Å². The van der Waals surface area contributed by atoms with Crippen LogP contribution in [-0.2, 0) is 9.53 Å². The maximum absolute atomic E-state index is 10.7. The summed E-state index contributed by atoms with van der Waals surface area (Å²) in [6.07, 6.45) is 6.55. The first-order valence-electron chi connectivity index (χ1n) is 10.9. The third-order valence-electron chi connectivity index (χ3n) is 6.60. The molecule has 1 aliphatic carbocycles. The molecule has 1 saturated heterocycles. The lowest BCUT2D eigenvalue weighted by molar-refractivity contribution is -0.137. The Bertz CT molecular complexity index is 854. The van der Waals surface area contributed by atoms with Gasteiger partial charge in [0.05, 0.1) is 12.2 Å². The molecule has 6 nitrogen and oxygen atoms in total. The van der Waals surface area contributed by atoms with Crippen LogP contribution < -0.4 is 0 Å². The third kappa shape index (κ3) is 4.77. The number of aliphatic carboxylic acids is 1. The number of para-hydroxylation sites is 1. The maximum Gasteiger partial charge on any atom is 0.303 e. The lowest BCUT2D eigenvalue weighted by Crippen LogP contribution is -2.21. The van der Waals surface area contributed by atoms with Gasteiger partial charge < -0.3 is 24.5 Å². The molecule has 0 amide bonds. The number of fused-ring (bicyclic) bond motifs is 2. The molecule has 2 heterocycles. The Hall–Kier alpha value is -2.15. The molecule has 2 aliphatic rings. The molecular formula is C24H30O6. The Kier molecular flexibility index (Phi) is 6.56. The van der Waals surface area contributed by atoms with Gasteiger partial charge in [-0.1, -0.05) is 30.4 Å². The second-order valence-electron chi connectivity index (χ2n) is 8.66. The van der Waals surface area contributed by atoms with Crippen LogP contribution in [0.5, 0.6) is 0 Å². The highest BCUT2D eigenvalue weighted by Gasteiger charge is 2.43. The summed E-state index contributed by atoms with van der Waals surface area (Å²) >= 11 is 0. The Morgan fingerprint density at radius 3 is 2.90 bits per heavy atom. The molecule has 0 bridgehead atoms. The fourth-order valence-electron chi connectivity index (χ4n) is 4.96. The minimum absolute atomic E-state index is 0.0162. The summed E-state index contributed by atoms with van der Waals surface area (Å²) in [5.41, 5.74) is 0.743. The fourth-order valence-corrected chi connectivity index (χ4v) is 4.96. The monoisotopic (exact) mass is 414 g/mol. The molecule has 1 unspecified atom stereocenters. The van der Waals surface area contributed by atoms with E-state index in [1.165, 1.54) is 0 Å². The van der Waals surface area contributed by atoms with Crippen LogP contribution in [0.25, 0.3) is 11.0 Å². The van der Waals surface area contributed by atoms with E-state index in [1.54, 1.807) is 6.08 Å². The van der Waals surface area contributed by atoms with Gasteiger partial charge >= 0.3 is 5.97 Å². The van der Waals surface area contributed by atoms with Crippen LogP contribution in [0.3, 0.4) is 0 Å². The van der Waals surface area contributed by atoms with Crippen LogP contribution in [0.1, 0.15) is 50.4 Å². The molecular weight excluding hydrogens is 384 g/mol. The number of rotatable bonds is 7. The number of aliphatic hydroxyl groups excluding tert-OH is 2. The largest absolute Gasteiger partial charge is 0.481 e. The fraction of sp³-hybridized carbons (Fsp3) is 0.542. The molecule has 1 saturated carbocycles. The first-order valence-corrected chi connectivity index (χ1v) is 10.9. The van der Waals surface area contributed by atoms with Crippen LogP contribution >= 0.6 is 0 Å². The zero-order chi connectivity index (χ0) is 21.1. The van der Waals surface area contributed by atoms with Gasteiger partial charge in [0, 0.05) is 30.8 Å². The lowest BCUT2D eigenvalue weighted by Gasteiger charge is -2.21. The maximum atomic E-state index is 10.7. The van der Waals surface area contributed by atoms with Crippen LogP contribution in [0.4, 0.5) is 0 Å². The lowest BCUT2D eigenvalue weighted by atomic mass is 9.86. The number of carboxylic acids is 1. The average molecular weight is 414 g/mol. The van der Waals surface area contributed by atoms with Gasteiger partial charge in [0.15, 0.2) is 0 Å². The summed E-state index contributed by atoms with van der Waals surface area (Å²) in [5.74, 6) is 0.262. The number of ether oxygens (including phenoxy) is 1. The van der Waals surface area contributed by atoms with Crippen molar-refractivity contribution in [1.82, 2.24) is 0 Å². The van der Waals surface area contributed by atoms with E-state index in [0.29, 0.717) is 31.1 Å². The van der Waals surface area contributed by atoms with E-state index in [4.69, 9.17) is 14.3 Å². The summed E-state index contributed by atoms with van der Waals surface area (Å²) in [6, 6.07) is 9.48. The number of aliphatic hydroxyl groups is 2. The van der Waals surface area contributed by atoms with Crippen molar-refractivity contribution in [2.24, 2.45) is 17.8 Å². The quantitative estimate of drug-likeness (QED) is 0.591. The Balaban J connectivity index is 1.38. The number of hydrogen-bond acceptors (Lipinski definition) is 5. The normalized spacial score (nSPS) is 30.4. The van der Waals surface area contributed by atoms with E-state index >= 15 is 0 Å². The van der Waals surface area contributed by atoms with E-state index in [-0.39, 0.29) is 24.4 Å². The van der Waals surface area contributed by atoms with Crippen molar-refractivity contribution < 1.29 is 29.3 Å². The van der Waals surface area contributed by atoms with Crippen molar-refractivity contribution in [3.8, 4) is 0 Å². The SMILES string of the molecule is O=C(O)CCC[C@H]1CC[C@@H]2[C@@H](/C=C/C(O)c3cc4ccccc4o3)[C@H](O)C[C@@H]2OC1. The van der Waals surface area contributed by atoms with Crippen molar-refractivity contribution in [2.75, 3.05) is 6.61 Å². The van der Waals surface area contributed by atoms with Crippen molar-refractivity contribution in [3.63, 3.8) is 0 Å². The molecule has 1 aliphatic heterocycles. The highest BCUT2D eigenvalue weighted by Crippen LogP contribution is 2.42. The van der Waals surface area contributed by atoms with Gasteiger partial charge in [-0.25, -0.2) is 0 Å². The first-order chi connectivity index (χ1) is 14.5. The van der Waals surface area contributed by atoms with Crippen LogP contribution in [0.15, 0.2) is 46.9 Å². The van der Waals surface area contributed by atoms with Gasteiger partial charge in [-0.3, -0.25) is 4.79 Å². The second-order valence-corrected chi connectivity index (χ2v) is 8.66. The molecule has 2 fully saturated rings. The summed E-state index contributed by atoms with van der Waals surface area (Å²) in [4.78, 5) is 10.7. The minimum atomic E-state index is -0.862. The Morgan fingerprint density at radius 2 is 2.10 bits per heavy atom. The van der Waals surface area contributed by atoms with E-state index in [9.17, 15) is 15.0 Å². The summed E-state index contributed by atoms with van der Waals surface area (Å²) in [7, 11) is 0. The highest BCUT2D eigenvalue weighted by atomic mass is 16.5. The predicted molar refractivity (Wildman–Crippen MR) is 112 cm³/mol. The summed E-state index contributed by atoms with van der Waals surface area (Å²) < 4.78 is 11.8. The first kappa shape index (κ1) is 21.1. The number of benzene rings is 1. The van der Waals surface area contributed by atoms with E-state index in [1.807, 2.05) is 36.4 Å². The number of furan rings is 1. The molecule has 6 atom stereocenters. The predicted octanol–water partition coefficient (Wildman–Crippen LogP) is 4.07. The van der Waals surface area contributed by atoms with Gasteiger partial charge in [0.25, 0.3) is 0 Å². The number of carboxylic acid groups (broad SMARTS) is 1. The number of carbonyl (C=O) groups is 1.